The summed E-state index contributed by atoms with van der Waals surface area (Å²) >= 11 is 1.39. The highest BCUT2D eigenvalue weighted by molar-refractivity contribution is 8.02. The number of nitriles is 1. The maximum absolute atomic E-state index is 12.7. The molecule has 0 bridgehead atoms. The van der Waals surface area contributed by atoms with E-state index in [1.165, 1.54) is 18.9 Å². The highest BCUT2D eigenvalue weighted by Gasteiger charge is 2.44. The summed E-state index contributed by atoms with van der Waals surface area (Å²) in [5.74, 6) is -2.27. The topological polar surface area (TPSA) is 79.2 Å². The molecule has 2 atom stereocenters. The lowest BCUT2D eigenvalue weighted by Crippen LogP contribution is -2.44. The van der Waals surface area contributed by atoms with Gasteiger partial charge in [0.25, 0.3) is 0 Å². The Hall–Kier alpha value is -3.04. The largest absolute Gasteiger partial charge is 0.468 e. The van der Waals surface area contributed by atoms with Gasteiger partial charge < -0.3 is 10.1 Å². The van der Waals surface area contributed by atoms with E-state index in [0.29, 0.717) is 16.4 Å². The minimum Gasteiger partial charge on any atom is -0.468 e. The van der Waals surface area contributed by atoms with Gasteiger partial charge in [-0.3, -0.25) is 9.59 Å². The molecule has 1 aliphatic heterocycles. The molecular weight excluding hydrogens is 372 g/mol. The molecule has 1 amide bonds. The van der Waals surface area contributed by atoms with E-state index >= 15 is 0 Å². The monoisotopic (exact) mass is 392 g/mol. The average molecular weight is 392 g/mol. The highest BCUT2D eigenvalue weighted by atomic mass is 32.2. The Morgan fingerprint density at radius 1 is 1.21 bits per heavy atom. The first-order valence-electron chi connectivity index (χ1n) is 8.81. The Kier molecular flexibility index (Phi) is 6.17. The normalized spacial score (nSPS) is 19.0. The number of carbonyl (C=O) groups is 2. The third kappa shape index (κ3) is 4.10. The smallest absolute Gasteiger partial charge is 0.319 e. The molecule has 6 heteroatoms. The van der Waals surface area contributed by atoms with Crippen molar-refractivity contribution in [3.63, 3.8) is 0 Å². The van der Waals surface area contributed by atoms with E-state index in [-0.39, 0.29) is 0 Å². The molecule has 0 radical (unpaired) electrons. The molecule has 1 N–H and O–H groups in total. The van der Waals surface area contributed by atoms with Gasteiger partial charge in [-0.2, -0.15) is 5.26 Å². The first-order chi connectivity index (χ1) is 13.5. The molecular formula is C22H20N2O3S. The Labute approximate surface area is 168 Å². The van der Waals surface area contributed by atoms with Crippen LogP contribution < -0.4 is 5.32 Å². The van der Waals surface area contributed by atoms with E-state index in [9.17, 15) is 14.9 Å². The van der Waals surface area contributed by atoms with Crippen molar-refractivity contribution < 1.29 is 14.3 Å². The molecule has 0 aliphatic carbocycles. The average Bonchev–Trinajstić information content (AvgIpc) is 2.71. The number of carbonyl (C=O) groups excluding carboxylic acids is 2. The zero-order valence-corrected chi connectivity index (χ0v) is 16.5. The molecule has 0 saturated heterocycles. The first kappa shape index (κ1) is 19.7. The number of nitrogens with zero attached hydrogens (tertiary/aromatic N) is 1. The maximum Gasteiger partial charge on any atom is 0.319 e. The van der Waals surface area contributed by atoms with Crippen LogP contribution in [0.2, 0.25) is 0 Å². The molecule has 0 aromatic heterocycles. The summed E-state index contributed by atoms with van der Waals surface area (Å²) in [6, 6.07) is 19.4. The lowest BCUT2D eigenvalue weighted by atomic mass is 9.78. The molecule has 1 heterocycles. The number of hydrogen-bond acceptors (Lipinski definition) is 5. The fourth-order valence-corrected chi connectivity index (χ4v) is 4.29. The van der Waals surface area contributed by atoms with Crippen LogP contribution in [0.1, 0.15) is 22.6 Å². The first-order valence-corrected chi connectivity index (χ1v) is 9.80. The van der Waals surface area contributed by atoms with Gasteiger partial charge in [-0.1, -0.05) is 60.2 Å². The van der Waals surface area contributed by atoms with E-state index < -0.39 is 23.7 Å². The van der Waals surface area contributed by atoms with Crippen LogP contribution in [-0.2, 0) is 20.1 Å². The van der Waals surface area contributed by atoms with Gasteiger partial charge in [0.2, 0.25) is 5.91 Å². The number of esters is 1. The third-order valence-corrected chi connectivity index (χ3v) is 5.70. The van der Waals surface area contributed by atoms with Crippen molar-refractivity contribution in [2.75, 3.05) is 7.11 Å². The van der Waals surface area contributed by atoms with Crippen LogP contribution in [0.25, 0.3) is 0 Å². The molecule has 2 aromatic rings. The van der Waals surface area contributed by atoms with Crippen LogP contribution in [0.4, 0.5) is 0 Å². The lowest BCUT2D eigenvalue weighted by molar-refractivity contribution is -0.150. The molecule has 1 aliphatic rings. The number of nitrogens with one attached hydrogen (secondary N) is 1. The second kappa shape index (κ2) is 8.77. The third-order valence-electron chi connectivity index (χ3n) is 4.61. The second-order valence-electron chi connectivity index (χ2n) is 6.51. The van der Waals surface area contributed by atoms with Gasteiger partial charge in [0.05, 0.1) is 23.8 Å². The summed E-state index contributed by atoms with van der Waals surface area (Å²) in [7, 11) is 1.25. The fraction of sp³-hybridized carbons (Fsp3) is 0.227. The Morgan fingerprint density at radius 2 is 1.96 bits per heavy atom. The Bertz CT molecular complexity index is 963. The van der Waals surface area contributed by atoms with Crippen LogP contribution in [-0.4, -0.2) is 19.0 Å². The number of ether oxygens (including phenoxy) is 1. The molecule has 2 aromatic carbocycles. The van der Waals surface area contributed by atoms with E-state index in [4.69, 9.17) is 4.74 Å². The molecule has 3 rings (SSSR count). The number of methoxy groups -OCH3 is 1. The SMILES string of the molecule is COC(=O)[C@@H]1C(=O)NC(SCc2cccc(C)c2)=C(C#N)[C@H]1c1ccccc1. The van der Waals surface area contributed by atoms with Gasteiger partial charge in [-0.15, -0.1) is 11.8 Å². The van der Waals surface area contributed by atoms with Crippen molar-refractivity contribution >= 4 is 23.6 Å². The molecule has 5 nitrogen and oxygen atoms in total. The zero-order chi connectivity index (χ0) is 20.1. The van der Waals surface area contributed by atoms with E-state index in [2.05, 4.69) is 17.5 Å². The Balaban J connectivity index is 2.00. The molecule has 0 saturated carbocycles. The van der Waals surface area contributed by atoms with E-state index in [0.717, 1.165) is 16.7 Å². The molecule has 28 heavy (non-hydrogen) atoms. The van der Waals surface area contributed by atoms with Crippen molar-refractivity contribution in [3.05, 3.63) is 81.9 Å². The summed E-state index contributed by atoms with van der Waals surface area (Å²) < 4.78 is 4.84. The number of thioether (sulfide) groups is 1. The minimum absolute atomic E-state index is 0.374. The zero-order valence-electron chi connectivity index (χ0n) is 15.6. The van der Waals surface area contributed by atoms with Crippen molar-refractivity contribution in [3.8, 4) is 6.07 Å². The fourth-order valence-electron chi connectivity index (χ4n) is 3.30. The predicted octanol–water partition coefficient (Wildman–Crippen LogP) is 3.67. The number of amides is 1. The molecule has 0 unspecified atom stereocenters. The van der Waals surface area contributed by atoms with Crippen LogP contribution in [0.15, 0.2) is 65.2 Å². The number of benzene rings is 2. The van der Waals surface area contributed by atoms with Crippen LogP contribution >= 0.6 is 11.8 Å². The molecule has 142 valence electrons. The van der Waals surface area contributed by atoms with Crippen LogP contribution in [0, 0.1) is 24.2 Å². The van der Waals surface area contributed by atoms with E-state index in [1.807, 2.05) is 55.5 Å². The van der Waals surface area contributed by atoms with Crippen LogP contribution in [0.3, 0.4) is 0 Å². The van der Waals surface area contributed by atoms with Gasteiger partial charge in [0.1, 0.15) is 5.92 Å². The molecule has 0 fully saturated rings. The number of rotatable bonds is 5. The van der Waals surface area contributed by atoms with Gasteiger partial charge in [0, 0.05) is 11.7 Å². The van der Waals surface area contributed by atoms with Crippen molar-refractivity contribution in [1.29, 1.82) is 5.26 Å². The second-order valence-corrected chi connectivity index (χ2v) is 7.50. The van der Waals surface area contributed by atoms with Crippen molar-refractivity contribution in [1.82, 2.24) is 5.32 Å². The summed E-state index contributed by atoms with van der Waals surface area (Å²) in [5.41, 5.74) is 3.35. The lowest BCUT2D eigenvalue weighted by Gasteiger charge is -2.31. The van der Waals surface area contributed by atoms with Crippen molar-refractivity contribution in [2.24, 2.45) is 5.92 Å². The minimum atomic E-state index is -1.09. The standard InChI is InChI=1S/C22H20N2O3S/c1-14-7-6-8-15(11-14)13-28-21-17(12-23)18(16-9-4-3-5-10-16)19(20(25)24-21)22(26)27-2/h3-11,18-19H,13H2,1-2H3,(H,24,25)/t18-,19+/m1/s1. The summed E-state index contributed by atoms with van der Waals surface area (Å²) in [6.45, 7) is 2.02. The molecule has 0 spiro atoms. The van der Waals surface area contributed by atoms with Gasteiger partial charge >= 0.3 is 5.97 Å². The number of allylic oxidation sites excluding steroid dienone is 1. The van der Waals surface area contributed by atoms with E-state index in [1.54, 1.807) is 0 Å². The predicted molar refractivity (Wildman–Crippen MR) is 108 cm³/mol. The van der Waals surface area contributed by atoms with Crippen molar-refractivity contribution in [2.45, 2.75) is 18.6 Å². The van der Waals surface area contributed by atoms with Gasteiger partial charge in [0.15, 0.2) is 0 Å². The quantitative estimate of drug-likeness (QED) is 0.620. The van der Waals surface area contributed by atoms with Gasteiger partial charge in [-0.25, -0.2) is 0 Å². The highest BCUT2D eigenvalue weighted by Crippen LogP contribution is 2.40. The number of aryl methyl sites for hydroxylation is 1. The van der Waals surface area contributed by atoms with Gasteiger partial charge in [-0.05, 0) is 18.1 Å². The van der Waals surface area contributed by atoms with Crippen LogP contribution in [0.5, 0.6) is 0 Å². The summed E-state index contributed by atoms with van der Waals surface area (Å²) in [6.07, 6.45) is 0. The number of hydrogen-bond donors (Lipinski definition) is 1. The summed E-state index contributed by atoms with van der Waals surface area (Å²) in [4.78, 5) is 25.1. The Morgan fingerprint density at radius 3 is 2.61 bits per heavy atom. The summed E-state index contributed by atoms with van der Waals surface area (Å²) in [5, 5.41) is 13.1. The maximum atomic E-state index is 12.7.